The molecule has 0 aromatic heterocycles. The molecule has 0 rings (SSSR count). The maximum absolute atomic E-state index is 8.23. The molecule has 0 fully saturated rings. The molecule has 0 atom stereocenters. The van der Waals surface area contributed by atoms with E-state index in [1.165, 1.54) is 0 Å². The van der Waals surface area contributed by atoms with Crippen LogP contribution < -0.4 is 0 Å². The van der Waals surface area contributed by atoms with E-state index in [1.54, 1.807) is 6.08 Å². The maximum Gasteiger partial charge on any atom is 0.0668 e. The molecule has 0 saturated carbocycles. The molecule has 3 N–H and O–H groups in total. The number of hydrogen-bond acceptors (Lipinski definition) is 3. The fraction of sp³-hybridized carbons (Fsp3) is 0.667. The molecule has 0 aromatic rings. The third-order valence-corrected chi connectivity index (χ3v) is 2.13. The summed E-state index contributed by atoms with van der Waals surface area (Å²) >= 11 is 5.07. The van der Waals surface area contributed by atoms with Gasteiger partial charge in [-0.15, -0.1) is 18.2 Å². The first-order valence-electron chi connectivity index (χ1n) is 2.98. The Balaban J connectivity index is 0. The lowest BCUT2D eigenvalue weighted by molar-refractivity contribution is 0.319. The maximum atomic E-state index is 8.23. The molecule has 0 unspecified atom stereocenters. The first-order valence-corrected chi connectivity index (χ1v) is 5.41. The molecule has 5 heteroatoms. The van der Waals surface area contributed by atoms with Crippen LogP contribution in [0.2, 0.25) is 0 Å². The van der Waals surface area contributed by atoms with Crippen LogP contribution in [0, 0.1) is 0 Å². The van der Waals surface area contributed by atoms with Gasteiger partial charge < -0.3 is 15.3 Å². The van der Waals surface area contributed by atoms with Crippen LogP contribution >= 0.6 is 19.5 Å². The fourth-order valence-corrected chi connectivity index (χ4v) is 0.402. The highest BCUT2D eigenvalue weighted by Gasteiger charge is 1.98. The van der Waals surface area contributed by atoms with Crippen LogP contribution in [0.15, 0.2) is 12.7 Å². The van der Waals surface area contributed by atoms with Gasteiger partial charge in [-0.3, -0.25) is 0 Å². The molecule has 11 heavy (non-hydrogen) atoms. The van der Waals surface area contributed by atoms with Crippen LogP contribution in [0.3, 0.4) is 0 Å². The van der Waals surface area contributed by atoms with E-state index in [0.717, 1.165) is 0 Å². The SMILES string of the molecule is C=CCCl.OCP(CO)CO. The van der Waals surface area contributed by atoms with Crippen molar-refractivity contribution in [2.45, 2.75) is 0 Å². The van der Waals surface area contributed by atoms with Gasteiger partial charge in [0.25, 0.3) is 0 Å². The Morgan fingerprint density at radius 3 is 1.45 bits per heavy atom. The normalized spacial score (nSPS) is 8.82. The summed E-state index contributed by atoms with van der Waals surface area (Å²) in [5, 5.41) is 24.7. The van der Waals surface area contributed by atoms with Gasteiger partial charge in [0.15, 0.2) is 0 Å². The van der Waals surface area contributed by atoms with Gasteiger partial charge >= 0.3 is 0 Å². The summed E-state index contributed by atoms with van der Waals surface area (Å²) in [5.41, 5.74) is 0. The van der Waals surface area contributed by atoms with Crippen LogP contribution in [0.25, 0.3) is 0 Å². The van der Waals surface area contributed by atoms with Crippen molar-refractivity contribution in [3.8, 4) is 0 Å². The second kappa shape index (κ2) is 13.0. The second-order valence-corrected chi connectivity index (χ2v) is 4.04. The predicted molar refractivity (Wildman–Crippen MR) is 49.1 cm³/mol. The van der Waals surface area contributed by atoms with Gasteiger partial charge in [0.2, 0.25) is 0 Å². The van der Waals surface area contributed by atoms with Crippen LogP contribution in [0.1, 0.15) is 0 Å². The molecule has 0 aliphatic carbocycles. The molecule has 0 spiro atoms. The molecule has 0 heterocycles. The van der Waals surface area contributed by atoms with Crippen molar-refractivity contribution in [2.24, 2.45) is 0 Å². The number of allylic oxidation sites excluding steroid dienone is 1. The molecule has 0 radical (unpaired) electrons. The topological polar surface area (TPSA) is 60.7 Å². The van der Waals surface area contributed by atoms with E-state index >= 15 is 0 Å². The Labute approximate surface area is 73.1 Å². The number of hydrogen-bond donors (Lipinski definition) is 3. The second-order valence-electron chi connectivity index (χ2n) is 1.54. The average molecular weight is 201 g/mol. The van der Waals surface area contributed by atoms with E-state index in [4.69, 9.17) is 26.9 Å². The summed E-state index contributed by atoms with van der Waals surface area (Å²) in [6, 6.07) is 0. The van der Waals surface area contributed by atoms with Crippen molar-refractivity contribution < 1.29 is 15.3 Å². The van der Waals surface area contributed by atoms with Crippen molar-refractivity contribution in [1.82, 2.24) is 0 Å². The summed E-state index contributed by atoms with van der Waals surface area (Å²) in [6.07, 6.45) is 1.40. The van der Waals surface area contributed by atoms with E-state index in [0.29, 0.717) is 5.88 Å². The highest BCUT2D eigenvalue weighted by atomic mass is 35.5. The van der Waals surface area contributed by atoms with Crippen molar-refractivity contribution in [1.29, 1.82) is 0 Å². The van der Waals surface area contributed by atoms with E-state index in [-0.39, 0.29) is 19.0 Å². The molecule has 0 saturated heterocycles. The third kappa shape index (κ3) is 13.3. The minimum Gasteiger partial charge on any atom is -0.392 e. The molecule has 0 aromatic carbocycles. The van der Waals surface area contributed by atoms with E-state index in [2.05, 4.69) is 6.58 Å². The Bertz CT molecular complexity index is 72.7. The number of aliphatic hydroxyl groups excluding tert-OH is 3. The summed E-state index contributed by atoms with van der Waals surface area (Å²) in [6.45, 7) is 3.35. The minimum absolute atomic E-state index is 0.0810. The summed E-state index contributed by atoms with van der Waals surface area (Å²) in [4.78, 5) is 0. The molecule has 0 bridgehead atoms. The van der Waals surface area contributed by atoms with Gasteiger partial charge in [0.1, 0.15) is 0 Å². The van der Waals surface area contributed by atoms with Crippen LogP contribution in [-0.4, -0.2) is 40.2 Å². The van der Waals surface area contributed by atoms with Gasteiger partial charge in [-0.05, 0) is 7.92 Å². The Kier molecular flexibility index (Phi) is 16.4. The molecular formula is C6H14ClO3P. The lowest BCUT2D eigenvalue weighted by Gasteiger charge is -2.03. The lowest BCUT2D eigenvalue weighted by atomic mass is 10.8. The van der Waals surface area contributed by atoms with Gasteiger partial charge in [0.05, 0.1) is 19.0 Å². The van der Waals surface area contributed by atoms with Gasteiger partial charge in [-0.25, -0.2) is 0 Å². The monoisotopic (exact) mass is 200 g/mol. The zero-order chi connectivity index (χ0) is 9.11. The Hall–Kier alpha value is 0.340. The quantitative estimate of drug-likeness (QED) is 0.356. The standard InChI is InChI=1S/C3H5Cl.C3H9O3P/c1-2-3-4;4-1-7(2-5)3-6/h2H,1,3H2;4-6H,1-3H2. The van der Waals surface area contributed by atoms with Crippen molar-refractivity contribution in [3.05, 3.63) is 12.7 Å². The number of alkyl halides is 1. The smallest absolute Gasteiger partial charge is 0.0668 e. The zero-order valence-corrected chi connectivity index (χ0v) is 7.93. The molecule has 0 amide bonds. The number of rotatable bonds is 4. The van der Waals surface area contributed by atoms with Gasteiger partial charge in [-0.2, -0.15) is 0 Å². The minimum atomic E-state index is -0.887. The molecule has 68 valence electrons. The van der Waals surface area contributed by atoms with E-state index in [1.807, 2.05) is 0 Å². The highest BCUT2D eigenvalue weighted by molar-refractivity contribution is 7.56. The summed E-state index contributed by atoms with van der Waals surface area (Å²) in [5.74, 6) is 0.556. The average Bonchev–Trinajstić information content (AvgIpc) is 2.08. The third-order valence-electron chi connectivity index (χ3n) is 0.709. The van der Waals surface area contributed by atoms with Crippen LogP contribution in [-0.2, 0) is 0 Å². The molecule has 0 aliphatic heterocycles. The number of halogens is 1. The number of aliphatic hydroxyl groups is 3. The summed E-state index contributed by atoms with van der Waals surface area (Å²) in [7, 11) is -0.887. The Morgan fingerprint density at radius 2 is 1.45 bits per heavy atom. The molecular weight excluding hydrogens is 186 g/mol. The molecule has 0 aliphatic rings. The van der Waals surface area contributed by atoms with Crippen LogP contribution in [0.5, 0.6) is 0 Å². The van der Waals surface area contributed by atoms with Crippen molar-refractivity contribution in [3.63, 3.8) is 0 Å². The van der Waals surface area contributed by atoms with Crippen LogP contribution in [0.4, 0.5) is 0 Å². The molecule has 3 nitrogen and oxygen atoms in total. The van der Waals surface area contributed by atoms with E-state index in [9.17, 15) is 0 Å². The van der Waals surface area contributed by atoms with Gasteiger partial charge in [-0.1, -0.05) is 6.08 Å². The first kappa shape index (κ1) is 13.9. The highest BCUT2D eigenvalue weighted by Crippen LogP contribution is 2.29. The first-order chi connectivity index (χ1) is 5.26. The van der Waals surface area contributed by atoms with E-state index < -0.39 is 7.92 Å². The zero-order valence-electron chi connectivity index (χ0n) is 6.28. The summed E-state index contributed by atoms with van der Waals surface area (Å²) < 4.78 is 0. The largest absolute Gasteiger partial charge is 0.392 e. The fourth-order valence-electron chi connectivity index (χ4n) is 0.134. The van der Waals surface area contributed by atoms with Crippen molar-refractivity contribution >= 4 is 19.5 Å². The predicted octanol–water partition coefficient (Wildman–Crippen LogP) is 0.729. The lowest BCUT2D eigenvalue weighted by Crippen LogP contribution is -1.91. The Morgan fingerprint density at radius 1 is 1.18 bits per heavy atom. The van der Waals surface area contributed by atoms with Gasteiger partial charge in [0, 0.05) is 5.88 Å². The van der Waals surface area contributed by atoms with Crippen molar-refractivity contribution in [2.75, 3.05) is 24.9 Å².